The normalized spacial score (nSPS) is 9.74. The monoisotopic (exact) mass is 274 g/mol. The minimum absolute atomic E-state index is 0.148. The molecule has 0 amide bonds. The van der Waals surface area contributed by atoms with Gasteiger partial charge in [0.25, 0.3) is 0 Å². The Balaban J connectivity index is 2.10. The Morgan fingerprint density at radius 1 is 1.26 bits per heavy atom. The van der Waals surface area contributed by atoms with Gasteiger partial charge in [-0.05, 0) is 23.8 Å². The standard InChI is InChI=1S/C14H11ClN2O2/c1-18-11-4-2-10(3-5-11)9-19-13-6-7-17-14(15)12(13)8-16/h2-7H,9H2,1H3. The number of halogens is 1. The molecule has 0 saturated heterocycles. The van der Waals surface area contributed by atoms with Gasteiger partial charge < -0.3 is 9.47 Å². The van der Waals surface area contributed by atoms with Gasteiger partial charge in [-0.1, -0.05) is 23.7 Å². The maximum Gasteiger partial charge on any atom is 0.150 e. The van der Waals surface area contributed by atoms with Gasteiger partial charge in [-0.3, -0.25) is 0 Å². The summed E-state index contributed by atoms with van der Waals surface area (Å²) in [5.41, 5.74) is 1.22. The largest absolute Gasteiger partial charge is 0.497 e. The first-order chi connectivity index (χ1) is 9.24. The molecule has 0 aliphatic rings. The molecule has 96 valence electrons. The van der Waals surface area contributed by atoms with Crippen LogP contribution in [0.15, 0.2) is 36.5 Å². The number of pyridine rings is 1. The van der Waals surface area contributed by atoms with Gasteiger partial charge in [0.05, 0.1) is 7.11 Å². The van der Waals surface area contributed by atoms with Gasteiger partial charge in [-0.25, -0.2) is 4.98 Å². The van der Waals surface area contributed by atoms with Crippen molar-refractivity contribution in [2.24, 2.45) is 0 Å². The van der Waals surface area contributed by atoms with Crippen molar-refractivity contribution in [2.45, 2.75) is 6.61 Å². The molecular formula is C14H11ClN2O2. The summed E-state index contributed by atoms with van der Waals surface area (Å²) in [6.45, 7) is 0.346. The molecule has 0 radical (unpaired) electrons. The number of methoxy groups -OCH3 is 1. The Morgan fingerprint density at radius 3 is 2.63 bits per heavy atom. The van der Waals surface area contributed by atoms with Crippen LogP contribution in [0.2, 0.25) is 5.15 Å². The van der Waals surface area contributed by atoms with Gasteiger partial charge >= 0.3 is 0 Å². The predicted molar refractivity (Wildman–Crippen MR) is 71.3 cm³/mol. The first kappa shape index (κ1) is 13.2. The molecule has 0 N–H and O–H groups in total. The molecule has 0 unspecified atom stereocenters. The summed E-state index contributed by atoms with van der Waals surface area (Å²) < 4.78 is 10.7. The maximum absolute atomic E-state index is 8.99. The summed E-state index contributed by atoms with van der Waals surface area (Å²) >= 11 is 5.82. The molecule has 4 nitrogen and oxygen atoms in total. The fourth-order valence-electron chi connectivity index (χ4n) is 1.52. The Hall–Kier alpha value is -2.25. The Kier molecular flexibility index (Phi) is 4.22. The summed E-state index contributed by atoms with van der Waals surface area (Å²) in [7, 11) is 1.61. The van der Waals surface area contributed by atoms with Crippen LogP contribution < -0.4 is 9.47 Å². The Labute approximate surface area is 116 Å². The molecule has 5 heteroatoms. The summed E-state index contributed by atoms with van der Waals surface area (Å²) in [5, 5.41) is 9.14. The zero-order valence-corrected chi connectivity index (χ0v) is 11.0. The smallest absolute Gasteiger partial charge is 0.150 e. The highest BCUT2D eigenvalue weighted by Gasteiger charge is 2.08. The van der Waals surface area contributed by atoms with Gasteiger partial charge in [0.15, 0.2) is 5.15 Å². The van der Waals surface area contributed by atoms with Crippen molar-refractivity contribution in [3.05, 3.63) is 52.8 Å². The summed E-state index contributed by atoms with van der Waals surface area (Å²) in [6.07, 6.45) is 1.51. The molecule has 0 aliphatic carbocycles. The van der Waals surface area contributed by atoms with Crippen LogP contribution in [-0.2, 0) is 6.61 Å². The Bertz CT molecular complexity index is 606. The first-order valence-electron chi connectivity index (χ1n) is 5.55. The van der Waals surface area contributed by atoms with Crippen molar-refractivity contribution in [2.75, 3.05) is 7.11 Å². The van der Waals surface area contributed by atoms with Crippen LogP contribution in [0.4, 0.5) is 0 Å². The molecule has 0 atom stereocenters. The van der Waals surface area contributed by atoms with Gasteiger partial charge in [0.1, 0.15) is 29.7 Å². The van der Waals surface area contributed by atoms with Gasteiger partial charge in [0, 0.05) is 6.20 Å². The quantitative estimate of drug-likeness (QED) is 0.804. The second-order valence-electron chi connectivity index (χ2n) is 3.72. The van der Waals surface area contributed by atoms with Crippen molar-refractivity contribution in [1.29, 1.82) is 5.26 Å². The minimum atomic E-state index is 0.148. The number of hydrogen-bond donors (Lipinski definition) is 0. The third-order valence-corrected chi connectivity index (χ3v) is 2.82. The summed E-state index contributed by atoms with van der Waals surface area (Å²) in [4.78, 5) is 3.83. The zero-order valence-electron chi connectivity index (χ0n) is 10.3. The molecule has 19 heavy (non-hydrogen) atoms. The molecule has 2 rings (SSSR count). The van der Waals surface area contributed by atoms with Crippen LogP contribution in [0, 0.1) is 11.3 Å². The highest BCUT2D eigenvalue weighted by Crippen LogP contribution is 2.24. The number of nitrogens with zero attached hydrogens (tertiary/aromatic N) is 2. The molecule has 2 aromatic rings. The van der Waals surface area contributed by atoms with E-state index in [0.29, 0.717) is 12.4 Å². The molecule has 0 aliphatic heterocycles. The number of aromatic nitrogens is 1. The summed E-state index contributed by atoms with van der Waals surface area (Å²) in [5.74, 6) is 1.21. The van der Waals surface area contributed by atoms with Crippen LogP contribution in [0.5, 0.6) is 11.5 Å². The third-order valence-electron chi connectivity index (χ3n) is 2.53. The number of rotatable bonds is 4. The van der Waals surface area contributed by atoms with E-state index in [0.717, 1.165) is 11.3 Å². The lowest BCUT2D eigenvalue weighted by molar-refractivity contribution is 0.304. The first-order valence-corrected chi connectivity index (χ1v) is 5.92. The van der Waals surface area contributed by atoms with Gasteiger partial charge in [-0.2, -0.15) is 5.26 Å². The Morgan fingerprint density at radius 2 is 2.00 bits per heavy atom. The lowest BCUT2D eigenvalue weighted by atomic mass is 10.2. The molecular weight excluding hydrogens is 264 g/mol. The van der Waals surface area contributed by atoms with Crippen LogP contribution in [-0.4, -0.2) is 12.1 Å². The fraction of sp³-hybridized carbons (Fsp3) is 0.143. The van der Waals surface area contributed by atoms with E-state index in [-0.39, 0.29) is 10.7 Å². The van der Waals surface area contributed by atoms with E-state index in [4.69, 9.17) is 26.3 Å². The van der Waals surface area contributed by atoms with E-state index >= 15 is 0 Å². The molecule has 0 saturated carbocycles. The number of benzene rings is 1. The van der Waals surface area contributed by atoms with Crippen LogP contribution in [0.1, 0.15) is 11.1 Å². The molecule has 0 bridgehead atoms. The molecule has 1 aromatic carbocycles. The summed E-state index contributed by atoms with van der Waals surface area (Å²) in [6, 6.07) is 11.1. The van der Waals surface area contributed by atoms with E-state index in [1.54, 1.807) is 13.2 Å². The minimum Gasteiger partial charge on any atom is -0.497 e. The maximum atomic E-state index is 8.99. The van der Waals surface area contributed by atoms with Crippen molar-refractivity contribution in [3.8, 4) is 17.6 Å². The highest BCUT2D eigenvalue weighted by molar-refractivity contribution is 6.30. The van der Waals surface area contributed by atoms with Crippen molar-refractivity contribution in [3.63, 3.8) is 0 Å². The van der Waals surface area contributed by atoms with Gasteiger partial charge in [0.2, 0.25) is 0 Å². The number of nitriles is 1. The van der Waals surface area contributed by atoms with E-state index in [1.165, 1.54) is 6.20 Å². The lowest BCUT2D eigenvalue weighted by Gasteiger charge is -2.08. The molecule has 1 heterocycles. The van der Waals surface area contributed by atoms with E-state index in [9.17, 15) is 0 Å². The van der Waals surface area contributed by atoms with Crippen LogP contribution in [0.3, 0.4) is 0 Å². The molecule has 1 aromatic heterocycles. The van der Waals surface area contributed by atoms with Crippen LogP contribution in [0.25, 0.3) is 0 Å². The van der Waals surface area contributed by atoms with E-state index < -0.39 is 0 Å². The predicted octanol–water partition coefficient (Wildman–Crippen LogP) is 3.19. The number of hydrogen-bond acceptors (Lipinski definition) is 4. The second kappa shape index (κ2) is 6.07. The third kappa shape index (κ3) is 3.15. The topological polar surface area (TPSA) is 55.1 Å². The van der Waals surface area contributed by atoms with Crippen LogP contribution >= 0.6 is 11.6 Å². The SMILES string of the molecule is COc1ccc(COc2ccnc(Cl)c2C#N)cc1. The van der Waals surface area contributed by atoms with Gasteiger partial charge in [-0.15, -0.1) is 0 Å². The molecule has 0 fully saturated rings. The van der Waals surface area contributed by atoms with Crippen molar-refractivity contribution >= 4 is 11.6 Å². The average Bonchev–Trinajstić information content (AvgIpc) is 2.45. The fourth-order valence-corrected chi connectivity index (χ4v) is 1.72. The number of ether oxygens (including phenoxy) is 2. The van der Waals surface area contributed by atoms with E-state index in [2.05, 4.69) is 4.98 Å². The second-order valence-corrected chi connectivity index (χ2v) is 4.08. The lowest BCUT2D eigenvalue weighted by Crippen LogP contribution is -1.98. The van der Waals surface area contributed by atoms with E-state index in [1.807, 2.05) is 30.3 Å². The van der Waals surface area contributed by atoms with Crippen molar-refractivity contribution < 1.29 is 9.47 Å². The highest BCUT2D eigenvalue weighted by atomic mass is 35.5. The molecule has 0 spiro atoms. The zero-order chi connectivity index (χ0) is 13.7. The van der Waals surface area contributed by atoms with Crippen molar-refractivity contribution in [1.82, 2.24) is 4.98 Å². The average molecular weight is 275 g/mol.